The van der Waals surface area contributed by atoms with Crippen LogP contribution in [0.3, 0.4) is 0 Å². The molecule has 0 unspecified atom stereocenters. The Hall–Kier alpha value is -2.52. The Labute approximate surface area is 141 Å². The maximum Gasteiger partial charge on any atom is 0.242 e. The Kier molecular flexibility index (Phi) is 6.64. The maximum absolute atomic E-state index is 12.0. The summed E-state index contributed by atoms with van der Waals surface area (Å²) in [6, 6.07) is 8.74. The van der Waals surface area contributed by atoms with Gasteiger partial charge in [-0.25, -0.2) is 13.1 Å². The second kappa shape index (κ2) is 8.94. The van der Waals surface area contributed by atoms with Gasteiger partial charge in [0.25, 0.3) is 0 Å². The molecule has 0 aliphatic carbocycles. The van der Waals surface area contributed by atoms with E-state index in [1.165, 1.54) is 18.5 Å². The number of hydrogen-bond donors (Lipinski definition) is 3. The fourth-order valence-electron chi connectivity index (χ4n) is 1.85. The number of sulfonamides is 1. The van der Waals surface area contributed by atoms with Crippen molar-refractivity contribution in [1.82, 2.24) is 25.3 Å². The minimum absolute atomic E-state index is 0.141. The van der Waals surface area contributed by atoms with Gasteiger partial charge in [-0.3, -0.25) is 15.0 Å². The van der Waals surface area contributed by atoms with Crippen LogP contribution in [-0.4, -0.2) is 44.5 Å². The van der Waals surface area contributed by atoms with Crippen LogP contribution >= 0.6 is 0 Å². The van der Waals surface area contributed by atoms with Crippen molar-refractivity contribution in [3.05, 3.63) is 54.6 Å². The van der Waals surface area contributed by atoms with Crippen LogP contribution in [0.5, 0.6) is 0 Å². The topological polar surface area (TPSA) is 108 Å². The number of rotatable bonds is 7. The molecule has 0 fully saturated rings. The molecule has 0 saturated heterocycles. The van der Waals surface area contributed by atoms with Crippen molar-refractivity contribution >= 4 is 16.0 Å². The number of aliphatic imine (C=N–C) groups is 1. The monoisotopic (exact) mass is 348 g/mol. The van der Waals surface area contributed by atoms with Gasteiger partial charge in [-0.05, 0) is 24.3 Å². The lowest BCUT2D eigenvalue weighted by molar-refractivity contribution is 0.580. The molecular formula is C15H20N6O2S. The van der Waals surface area contributed by atoms with Crippen LogP contribution in [0.15, 0.2) is 58.8 Å². The van der Waals surface area contributed by atoms with Gasteiger partial charge in [0.1, 0.15) is 4.90 Å². The third-order valence-corrected chi connectivity index (χ3v) is 4.49. The van der Waals surface area contributed by atoms with Crippen molar-refractivity contribution in [2.24, 2.45) is 4.99 Å². The molecule has 0 spiro atoms. The van der Waals surface area contributed by atoms with Crippen molar-refractivity contribution in [3.63, 3.8) is 0 Å². The molecule has 0 amide bonds. The van der Waals surface area contributed by atoms with Crippen LogP contribution in [-0.2, 0) is 16.6 Å². The zero-order valence-corrected chi connectivity index (χ0v) is 14.1. The van der Waals surface area contributed by atoms with Gasteiger partial charge in [0.15, 0.2) is 5.96 Å². The predicted octanol–water partition coefficient (Wildman–Crippen LogP) is 0.120. The average molecular weight is 348 g/mol. The lowest BCUT2D eigenvalue weighted by Crippen LogP contribution is -2.41. The highest BCUT2D eigenvalue weighted by Crippen LogP contribution is 2.04. The summed E-state index contributed by atoms with van der Waals surface area (Å²) in [7, 11) is -1.90. The predicted molar refractivity (Wildman–Crippen MR) is 91.9 cm³/mol. The molecule has 0 aromatic carbocycles. The molecule has 0 bridgehead atoms. The number of nitrogens with one attached hydrogen (secondary N) is 3. The Morgan fingerprint density at radius 2 is 2.00 bits per heavy atom. The minimum atomic E-state index is -3.54. The van der Waals surface area contributed by atoms with Gasteiger partial charge in [-0.2, -0.15) is 0 Å². The number of nitrogens with zero attached hydrogens (tertiary/aromatic N) is 3. The minimum Gasteiger partial charge on any atom is -0.355 e. The van der Waals surface area contributed by atoms with Gasteiger partial charge in [0.05, 0.1) is 12.2 Å². The zero-order chi connectivity index (χ0) is 17.3. The number of hydrogen-bond acceptors (Lipinski definition) is 5. The highest BCUT2D eigenvalue weighted by molar-refractivity contribution is 7.89. The van der Waals surface area contributed by atoms with E-state index in [0.29, 0.717) is 19.0 Å². The molecule has 0 aliphatic rings. The van der Waals surface area contributed by atoms with Crippen molar-refractivity contribution in [1.29, 1.82) is 0 Å². The highest BCUT2D eigenvalue weighted by Gasteiger charge is 2.12. The Bertz CT molecular complexity index is 750. The summed E-state index contributed by atoms with van der Waals surface area (Å²) < 4.78 is 26.6. The number of pyridine rings is 2. The molecule has 0 saturated carbocycles. The second-order valence-corrected chi connectivity index (χ2v) is 6.53. The summed E-state index contributed by atoms with van der Waals surface area (Å²) in [5.41, 5.74) is 0.887. The van der Waals surface area contributed by atoms with E-state index in [9.17, 15) is 8.42 Å². The molecule has 9 heteroatoms. The van der Waals surface area contributed by atoms with E-state index in [4.69, 9.17) is 0 Å². The molecule has 0 atom stereocenters. The van der Waals surface area contributed by atoms with Gasteiger partial charge in [-0.15, -0.1) is 0 Å². The molecule has 24 heavy (non-hydrogen) atoms. The van der Waals surface area contributed by atoms with E-state index in [1.54, 1.807) is 19.3 Å². The van der Waals surface area contributed by atoms with Gasteiger partial charge in [0.2, 0.25) is 10.0 Å². The summed E-state index contributed by atoms with van der Waals surface area (Å²) in [6.45, 7) is 1.14. The van der Waals surface area contributed by atoms with E-state index < -0.39 is 10.0 Å². The van der Waals surface area contributed by atoms with E-state index in [0.717, 1.165) is 5.69 Å². The molecule has 0 radical (unpaired) electrons. The molecule has 2 aromatic rings. The molecule has 0 aliphatic heterocycles. The van der Waals surface area contributed by atoms with E-state index in [2.05, 4.69) is 30.3 Å². The molecular weight excluding hydrogens is 328 g/mol. The normalized spacial score (nSPS) is 12.0. The van der Waals surface area contributed by atoms with Gasteiger partial charge in [0, 0.05) is 38.7 Å². The molecule has 8 nitrogen and oxygen atoms in total. The Balaban J connectivity index is 1.74. The van der Waals surface area contributed by atoms with E-state index in [1.807, 2.05) is 18.2 Å². The van der Waals surface area contributed by atoms with Crippen LogP contribution < -0.4 is 15.4 Å². The van der Waals surface area contributed by atoms with Gasteiger partial charge in [-0.1, -0.05) is 6.07 Å². The summed E-state index contributed by atoms with van der Waals surface area (Å²) in [6.07, 6.45) is 4.56. The van der Waals surface area contributed by atoms with Gasteiger partial charge >= 0.3 is 0 Å². The Morgan fingerprint density at radius 3 is 2.67 bits per heavy atom. The summed E-state index contributed by atoms with van der Waals surface area (Å²) in [5.74, 6) is 0.571. The molecule has 3 N–H and O–H groups in total. The molecule has 2 rings (SSSR count). The molecule has 128 valence electrons. The van der Waals surface area contributed by atoms with Crippen LogP contribution in [0.1, 0.15) is 5.69 Å². The largest absolute Gasteiger partial charge is 0.355 e. The van der Waals surface area contributed by atoms with Crippen molar-refractivity contribution in [2.75, 3.05) is 20.1 Å². The first kappa shape index (κ1) is 17.8. The van der Waals surface area contributed by atoms with Crippen LogP contribution in [0.2, 0.25) is 0 Å². The van der Waals surface area contributed by atoms with Crippen LogP contribution in [0, 0.1) is 0 Å². The molecule has 2 heterocycles. The van der Waals surface area contributed by atoms with E-state index in [-0.39, 0.29) is 11.4 Å². The lowest BCUT2D eigenvalue weighted by atomic mass is 10.3. The Morgan fingerprint density at radius 1 is 1.12 bits per heavy atom. The first-order valence-electron chi connectivity index (χ1n) is 7.36. The first-order chi connectivity index (χ1) is 11.6. The average Bonchev–Trinajstić information content (AvgIpc) is 2.63. The smallest absolute Gasteiger partial charge is 0.242 e. The summed E-state index contributed by atoms with van der Waals surface area (Å²) in [5, 5.41) is 6.14. The summed E-state index contributed by atoms with van der Waals surface area (Å²) in [4.78, 5) is 12.2. The number of guanidine groups is 1. The fraction of sp³-hybridized carbons (Fsp3) is 0.267. The fourth-order valence-corrected chi connectivity index (χ4v) is 2.85. The highest BCUT2D eigenvalue weighted by atomic mass is 32.2. The lowest BCUT2D eigenvalue weighted by Gasteiger charge is -2.12. The van der Waals surface area contributed by atoms with Crippen LogP contribution in [0.25, 0.3) is 0 Å². The zero-order valence-electron chi connectivity index (χ0n) is 13.3. The molecule has 2 aromatic heterocycles. The first-order valence-corrected chi connectivity index (χ1v) is 8.84. The quantitative estimate of drug-likeness (QED) is 0.373. The number of aromatic nitrogens is 2. The third kappa shape index (κ3) is 5.60. The SMILES string of the molecule is CN=C(NCCNS(=O)(=O)c1cccnc1)NCc1ccccn1. The standard InChI is InChI=1S/C15H20N6O2S/c1-16-15(20-11-13-5-2-3-8-18-13)19-9-10-21-24(22,23)14-6-4-7-17-12-14/h2-8,12,21H,9-11H2,1H3,(H2,16,19,20). The van der Waals surface area contributed by atoms with E-state index >= 15 is 0 Å². The summed E-state index contributed by atoms with van der Waals surface area (Å²) >= 11 is 0. The maximum atomic E-state index is 12.0. The second-order valence-electron chi connectivity index (χ2n) is 4.76. The van der Waals surface area contributed by atoms with Gasteiger partial charge < -0.3 is 10.6 Å². The third-order valence-electron chi connectivity index (χ3n) is 3.04. The van der Waals surface area contributed by atoms with Crippen molar-refractivity contribution in [2.45, 2.75) is 11.4 Å². The van der Waals surface area contributed by atoms with Crippen LogP contribution in [0.4, 0.5) is 0 Å². The van der Waals surface area contributed by atoms with Crippen molar-refractivity contribution in [3.8, 4) is 0 Å². The van der Waals surface area contributed by atoms with Crippen molar-refractivity contribution < 1.29 is 8.42 Å².